The van der Waals surface area contributed by atoms with Crippen molar-refractivity contribution in [1.29, 1.82) is 0 Å². The minimum Gasteiger partial charge on any atom is -0.476 e. The predicted octanol–water partition coefficient (Wildman–Crippen LogP) is 2.21. The normalized spacial score (nSPS) is 10.2. The summed E-state index contributed by atoms with van der Waals surface area (Å²) in [5.41, 5.74) is 1.96. The standard InChI is InChI=1S/C10H8N2O2S/c1-6-2-7(4-11-3-6)9-12-8(5-15-9)10(13)14/h2-5H,1H3,(H,13,14). The monoisotopic (exact) mass is 220 g/mol. The minimum absolute atomic E-state index is 0.0801. The van der Waals surface area contributed by atoms with E-state index < -0.39 is 5.97 Å². The van der Waals surface area contributed by atoms with Gasteiger partial charge in [0.15, 0.2) is 5.69 Å². The van der Waals surface area contributed by atoms with Gasteiger partial charge in [-0.1, -0.05) is 0 Å². The molecule has 4 nitrogen and oxygen atoms in total. The summed E-state index contributed by atoms with van der Waals surface area (Å²) >= 11 is 1.31. The van der Waals surface area contributed by atoms with E-state index in [9.17, 15) is 4.79 Å². The lowest BCUT2D eigenvalue weighted by Gasteiger charge is -1.96. The van der Waals surface area contributed by atoms with E-state index in [-0.39, 0.29) is 5.69 Å². The lowest BCUT2D eigenvalue weighted by Crippen LogP contribution is -1.95. The number of carboxylic acids is 1. The Morgan fingerprint density at radius 1 is 1.47 bits per heavy atom. The second-order valence-corrected chi connectivity index (χ2v) is 3.95. The van der Waals surface area contributed by atoms with Crippen LogP contribution in [-0.4, -0.2) is 21.0 Å². The average Bonchev–Trinajstić information content (AvgIpc) is 2.66. The number of nitrogens with zero attached hydrogens (tertiary/aromatic N) is 2. The maximum absolute atomic E-state index is 10.6. The summed E-state index contributed by atoms with van der Waals surface area (Å²) in [4.78, 5) is 18.7. The summed E-state index contributed by atoms with van der Waals surface area (Å²) in [5.74, 6) is -1.00. The third-order valence-corrected chi connectivity index (χ3v) is 2.74. The molecule has 0 fully saturated rings. The summed E-state index contributed by atoms with van der Waals surface area (Å²) in [6.45, 7) is 1.93. The lowest BCUT2D eigenvalue weighted by atomic mass is 10.2. The van der Waals surface area contributed by atoms with Gasteiger partial charge >= 0.3 is 5.97 Å². The molecule has 1 N–H and O–H groups in total. The predicted molar refractivity (Wildman–Crippen MR) is 57.0 cm³/mol. The summed E-state index contributed by atoms with van der Waals surface area (Å²) in [7, 11) is 0. The van der Waals surface area contributed by atoms with E-state index >= 15 is 0 Å². The molecule has 0 aromatic carbocycles. The highest BCUT2D eigenvalue weighted by Crippen LogP contribution is 2.23. The van der Waals surface area contributed by atoms with Crippen LogP contribution in [0.3, 0.4) is 0 Å². The molecule has 0 aliphatic heterocycles. The fourth-order valence-electron chi connectivity index (χ4n) is 1.18. The lowest BCUT2D eigenvalue weighted by molar-refractivity contribution is 0.0691. The Balaban J connectivity index is 2.41. The Morgan fingerprint density at radius 2 is 2.27 bits per heavy atom. The third-order valence-electron chi connectivity index (χ3n) is 1.85. The molecule has 0 unspecified atom stereocenters. The van der Waals surface area contributed by atoms with Crippen LogP contribution in [0.5, 0.6) is 0 Å². The van der Waals surface area contributed by atoms with E-state index in [0.717, 1.165) is 11.1 Å². The van der Waals surface area contributed by atoms with Crippen LogP contribution in [0.4, 0.5) is 0 Å². The minimum atomic E-state index is -1.00. The first-order chi connectivity index (χ1) is 7.16. The van der Waals surface area contributed by atoms with Crippen LogP contribution in [0.15, 0.2) is 23.8 Å². The SMILES string of the molecule is Cc1cncc(-c2nc(C(=O)O)cs2)c1. The van der Waals surface area contributed by atoms with Gasteiger partial charge in [0, 0.05) is 23.3 Å². The van der Waals surface area contributed by atoms with Gasteiger partial charge in [-0.3, -0.25) is 4.98 Å². The Kier molecular flexibility index (Phi) is 2.47. The maximum atomic E-state index is 10.6. The van der Waals surface area contributed by atoms with Crippen LogP contribution >= 0.6 is 11.3 Å². The molecular formula is C10H8N2O2S. The highest BCUT2D eigenvalue weighted by molar-refractivity contribution is 7.13. The molecule has 0 spiro atoms. The van der Waals surface area contributed by atoms with Gasteiger partial charge < -0.3 is 5.11 Å². The van der Waals surface area contributed by atoms with Crippen LogP contribution in [0.1, 0.15) is 16.1 Å². The molecule has 2 heterocycles. The van der Waals surface area contributed by atoms with Crippen LogP contribution in [0, 0.1) is 6.92 Å². The van der Waals surface area contributed by atoms with Crippen LogP contribution in [-0.2, 0) is 0 Å². The molecule has 0 aliphatic carbocycles. The number of aryl methyl sites for hydroxylation is 1. The molecule has 2 rings (SSSR count). The van der Waals surface area contributed by atoms with E-state index in [1.54, 1.807) is 12.4 Å². The average molecular weight is 220 g/mol. The number of hydrogen-bond acceptors (Lipinski definition) is 4. The largest absolute Gasteiger partial charge is 0.476 e. The molecule has 0 aliphatic rings. The van der Waals surface area contributed by atoms with Crippen molar-refractivity contribution in [2.45, 2.75) is 6.92 Å². The van der Waals surface area contributed by atoms with Crippen molar-refractivity contribution >= 4 is 17.3 Å². The second kappa shape index (κ2) is 3.78. The number of rotatable bonds is 2. The molecule has 2 aromatic rings. The summed E-state index contributed by atoms with van der Waals surface area (Å²) in [6, 6.07) is 1.93. The van der Waals surface area contributed by atoms with Gasteiger partial charge in [-0.2, -0.15) is 0 Å². The number of carbonyl (C=O) groups is 1. The van der Waals surface area contributed by atoms with E-state index in [1.807, 2.05) is 13.0 Å². The maximum Gasteiger partial charge on any atom is 0.355 e. The van der Waals surface area contributed by atoms with Gasteiger partial charge in [-0.25, -0.2) is 9.78 Å². The first-order valence-electron chi connectivity index (χ1n) is 4.27. The van der Waals surface area contributed by atoms with Crippen molar-refractivity contribution < 1.29 is 9.90 Å². The van der Waals surface area contributed by atoms with Crippen molar-refractivity contribution in [1.82, 2.24) is 9.97 Å². The third kappa shape index (κ3) is 2.02. The fourth-order valence-corrected chi connectivity index (χ4v) is 1.95. The molecule has 0 saturated heterocycles. The van der Waals surface area contributed by atoms with E-state index in [4.69, 9.17) is 5.11 Å². The molecule has 0 atom stereocenters. The number of thiazole rings is 1. The molecule has 76 valence electrons. The van der Waals surface area contributed by atoms with Gasteiger partial charge in [0.1, 0.15) is 5.01 Å². The number of pyridine rings is 1. The number of carboxylic acid groups (broad SMARTS) is 1. The van der Waals surface area contributed by atoms with E-state index in [2.05, 4.69) is 9.97 Å². The van der Waals surface area contributed by atoms with Crippen molar-refractivity contribution in [3.05, 3.63) is 35.1 Å². The Bertz CT molecular complexity index is 508. The van der Waals surface area contributed by atoms with Crippen molar-refractivity contribution in [2.75, 3.05) is 0 Å². The van der Waals surface area contributed by atoms with E-state index in [0.29, 0.717) is 5.01 Å². The fraction of sp³-hybridized carbons (Fsp3) is 0.100. The molecule has 0 saturated carbocycles. The highest BCUT2D eigenvalue weighted by Gasteiger charge is 2.09. The molecule has 0 radical (unpaired) electrons. The van der Waals surface area contributed by atoms with Crippen LogP contribution < -0.4 is 0 Å². The summed E-state index contributed by atoms with van der Waals surface area (Å²) in [6.07, 6.45) is 3.42. The first kappa shape index (κ1) is 9.79. The van der Waals surface area contributed by atoms with Gasteiger partial charge in [-0.05, 0) is 18.6 Å². The van der Waals surface area contributed by atoms with Crippen molar-refractivity contribution in [3.8, 4) is 10.6 Å². The quantitative estimate of drug-likeness (QED) is 0.842. The molecule has 0 amide bonds. The zero-order valence-corrected chi connectivity index (χ0v) is 8.78. The number of hydrogen-bond donors (Lipinski definition) is 1. The molecule has 15 heavy (non-hydrogen) atoms. The van der Waals surface area contributed by atoms with Gasteiger partial charge in [0.2, 0.25) is 0 Å². The second-order valence-electron chi connectivity index (χ2n) is 3.09. The topological polar surface area (TPSA) is 63.1 Å². The summed E-state index contributed by atoms with van der Waals surface area (Å²) in [5, 5.41) is 10.9. The Labute approximate surface area is 90.3 Å². The molecule has 2 aromatic heterocycles. The Morgan fingerprint density at radius 3 is 2.87 bits per heavy atom. The van der Waals surface area contributed by atoms with E-state index in [1.165, 1.54) is 16.7 Å². The Hall–Kier alpha value is -1.75. The van der Waals surface area contributed by atoms with Gasteiger partial charge in [0.25, 0.3) is 0 Å². The molecular weight excluding hydrogens is 212 g/mol. The smallest absolute Gasteiger partial charge is 0.355 e. The van der Waals surface area contributed by atoms with Crippen LogP contribution in [0.25, 0.3) is 10.6 Å². The summed E-state index contributed by atoms with van der Waals surface area (Å²) < 4.78 is 0. The zero-order valence-electron chi connectivity index (χ0n) is 7.97. The number of aromatic nitrogens is 2. The van der Waals surface area contributed by atoms with Gasteiger partial charge in [-0.15, -0.1) is 11.3 Å². The number of aromatic carboxylic acids is 1. The first-order valence-corrected chi connectivity index (χ1v) is 5.15. The molecule has 0 bridgehead atoms. The molecule has 5 heteroatoms. The highest BCUT2D eigenvalue weighted by atomic mass is 32.1. The van der Waals surface area contributed by atoms with Crippen molar-refractivity contribution in [3.63, 3.8) is 0 Å². The zero-order chi connectivity index (χ0) is 10.8. The van der Waals surface area contributed by atoms with Crippen LogP contribution in [0.2, 0.25) is 0 Å². The van der Waals surface area contributed by atoms with Gasteiger partial charge in [0.05, 0.1) is 0 Å². The van der Waals surface area contributed by atoms with Crippen molar-refractivity contribution in [2.24, 2.45) is 0 Å².